The Morgan fingerprint density at radius 2 is 1.41 bits per heavy atom. The van der Waals surface area contributed by atoms with Gasteiger partial charge in [0.1, 0.15) is 0 Å². The van der Waals surface area contributed by atoms with Crippen LogP contribution in [-0.4, -0.2) is 16.9 Å². The highest BCUT2D eigenvalue weighted by molar-refractivity contribution is 5.98. The Hall–Kier alpha value is -1.91. The maximum absolute atomic E-state index is 13.6. The van der Waals surface area contributed by atoms with Crippen molar-refractivity contribution in [3.8, 4) is 5.75 Å². The number of esters is 1. The summed E-state index contributed by atoms with van der Waals surface area (Å²) in [5, 5.41) is 3.23. The van der Waals surface area contributed by atoms with Crippen LogP contribution in [0.15, 0.2) is 6.07 Å². The lowest BCUT2D eigenvalue weighted by Gasteiger charge is -2.37. The average Bonchev–Trinajstić information content (AvgIpc) is 3.35. The van der Waals surface area contributed by atoms with Crippen molar-refractivity contribution in [2.75, 3.05) is 5.32 Å². The van der Waals surface area contributed by atoms with Crippen LogP contribution >= 0.6 is 0 Å². The van der Waals surface area contributed by atoms with Crippen molar-refractivity contribution in [1.82, 2.24) is 4.98 Å². The predicted molar refractivity (Wildman–Crippen MR) is 120 cm³/mol. The molecule has 1 heterocycles. The van der Waals surface area contributed by atoms with Crippen LogP contribution in [0, 0.1) is 60.2 Å². The fraction of sp³-hybridized carbons (Fsp3) is 0.741. The minimum atomic E-state index is -0.308. The molecule has 4 atom stereocenters. The van der Waals surface area contributed by atoms with E-state index in [0.29, 0.717) is 34.9 Å². The van der Waals surface area contributed by atoms with E-state index in [1.807, 2.05) is 19.9 Å². The molecule has 1 aromatic heterocycles. The molecule has 0 saturated heterocycles. The molecule has 8 aliphatic carbocycles. The van der Waals surface area contributed by atoms with Crippen LogP contribution in [0.1, 0.15) is 75.6 Å². The van der Waals surface area contributed by atoms with Crippen LogP contribution in [0.3, 0.4) is 0 Å². The Morgan fingerprint density at radius 3 is 1.97 bits per heavy atom. The maximum Gasteiger partial charge on any atom is 0.317 e. The van der Waals surface area contributed by atoms with Gasteiger partial charge < -0.3 is 10.1 Å². The van der Waals surface area contributed by atoms with E-state index in [0.717, 1.165) is 62.0 Å². The summed E-state index contributed by atoms with van der Waals surface area (Å²) in [5.74, 6) is 4.85. The summed E-state index contributed by atoms with van der Waals surface area (Å²) in [6.45, 7) is 3.82. The highest BCUT2D eigenvalue weighted by Gasteiger charge is 2.61. The topological polar surface area (TPSA) is 68.3 Å². The maximum atomic E-state index is 13.6. The first kappa shape index (κ1) is 19.5. The van der Waals surface area contributed by atoms with Crippen molar-refractivity contribution in [3.05, 3.63) is 17.5 Å². The van der Waals surface area contributed by atoms with Crippen molar-refractivity contribution < 1.29 is 14.3 Å². The fourth-order valence-electron chi connectivity index (χ4n) is 9.64. The Labute approximate surface area is 190 Å². The summed E-state index contributed by atoms with van der Waals surface area (Å²) in [6.07, 6.45) is 11.3. The normalized spacial score (nSPS) is 44.4. The summed E-state index contributed by atoms with van der Waals surface area (Å²) in [4.78, 5) is 31.7. The Kier molecular flexibility index (Phi) is 3.88. The van der Waals surface area contributed by atoms with Crippen LogP contribution < -0.4 is 10.1 Å². The summed E-state index contributed by atoms with van der Waals surface area (Å²) < 4.78 is 6.14. The number of aromatic nitrogens is 1. The van der Waals surface area contributed by atoms with E-state index < -0.39 is 0 Å². The third-order valence-corrected chi connectivity index (χ3v) is 10.5. The van der Waals surface area contributed by atoms with E-state index in [1.54, 1.807) is 0 Å². The molecule has 0 aromatic carbocycles. The van der Waals surface area contributed by atoms with E-state index in [2.05, 4.69) is 10.3 Å². The van der Waals surface area contributed by atoms with Gasteiger partial charge in [-0.25, -0.2) is 0 Å². The standard InChI is InChI=1S/C27H34N2O3/c1-14-3-22(29-24(30)26-8-16-4-18(10-26)19(5-16)11-26)23(15(2)28-14)32-25(31)27-9-17-6-20(12-27)21(7-17)13-27/h3,16-21H,4-13H2,1-2H3,(H,28,29,30). The zero-order valence-electron chi connectivity index (χ0n) is 19.3. The van der Waals surface area contributed by atoms with Gasteiger partial charge in [-0.05, 0) is 120 Å². The molecule has 8 aliphatic rings. The molecule has 4 unspecified atom stereocenters. The van der Waals surface area contributed by atoms with Crippen LogP contribution in [0.25, 0.3) is 0 Å². The van der Waals surface area contributed by atoms with Crippen molar-refractivity contribution in [3.63, 3.8) is 0 Å². The second-order valence-corrected chi connectivity index (χ2v) is 12.6. The van der Waals surface area contributed by atoms with Gasteiger partial charge in [-0.3, -0.25) is 14.6 Å². The average molecular weight is 435 g/mol. The van der Waals surface area contributed by atoms with E-state index in [4.69, 9.17) is 4.74 Å². The summed E-state index contributed by atoms with van der Waals surface area (Å²) in [5.41, 5.74) is 1.64. The zero-order chi connectivity index (χ0) is 21.8. The lowest BCUT2D eigenvalue weighted by molar-refractivity contribution is -0.149. The SMILES string of the molecule is Cc1cc(NC(=O)C23CC4CC(C2)C(C4)C3)c(OC(=O)C23CC4CC(C2)C(C4)C3)c(C)n1. The number of ether oxygens (including phenoxy) is 1. The van der Waals surface area contributed by atoms with Gasteiger partial charge in [0.05, 0.1) is 22.2 Å². The van der Waals surface area contributed by atoms with Gasteiger partial charge in [-0.15, -0.1) is 0 Å². The minimum absolute atomic E-state index is 0.0864. The molecule has 1 aromatic rings. The first-order valence-corrected chi connectivity index (χ1v) is 12.8. The molecule has 8 bridgehead atoms. The second kappa shape index (κ2) is 6.36. The molecule has 8 saturated carbocycles. The molecule has 5 heteroatoms. The van der Waals surface area contributed by atoms with Crippen LogP contribution in [0.5, 0.6) is 5.75 Å². The number of hydrogen-bond donors (Lipinski definition) is 1. The van der Waals surface area contributed by atoms with Gasteiger partial charge in [-0.1, -0.05) is 0 Å². The molecule has 1 amide bonds. The molecule has 0 radical (unpaired) electrons. The lowest BCUT2D eigenvalue weighted by Crippen LogP contribution is -2.40. The zero-order valence-corrected chi connectivity index (χ0v) is 19.3. The number of nitrogens with zero attached hydrogens (tertiary/aromatic N) is 1. The van der Waals surface area contributed by atoms with Crippen LogP contribution in [0.4, 0.5) is 5.69 Å². The molecule has 5 nitrogen and oxygen atoms in total. The van der Waals surface area contributed by atoms with E-state index in [1.165, 1.54) is 25.7 Å². The fourth-order valence-corrected chi connectivity index (χ4v) is 9.64. The number of anilines is 1. The molecule has 170 valence electrons. The largest absolute Gasteiger partial charge is 0.422 e. The number of hydrogen-bond acceptors (Lipinski definition) is 4. The number of carbonyl (C=O) groups is 2. The monoisotopic (exact) mass is 434 g/mol. The molecule has 8 fully saturated rings. The van der Waals surface area contributed by atoms with Gasteiger partial charge in [-0.2, -0.15) is 0 Å². The highest BCUT2D eigenvalue weighted by Crippen LogP contribution is 2.65. The first-order valence-electron chi connectivity index (χ1n) is 12.8. The molecular formula is C27H34N2O3. The minimum Gasteiger partial charge on any atom is -0.422 e. The van der Waals surface area contributed by atoms with Crippen LogP contribution in [-0.2, 0) is 9.59 Å². The number of aryl methyl sites for hydroxylation is 2. The van der Waals surface area contributed by atoms with Crippen molar-refractivity contribution in [1.29, 1.82) is 0 Å². The Morgan fingerprint density at radius 1 is 0.875 bits per heavy atom. The molecule has 32 heavy (non-hydrogen) atoms. The summed E-state index contributed by atoms with van der Waals surface area (Å²) in [7, 11) is 0. The smallest absolute Gasteiger partial charge is 0.317 e. The number of rotatable bonds is 4. The molecule has 0 spiro atoms. The van der Waals surface area contributed by atoms with Gasteiger partial charge in [0, 0.05) is 5.69 Å². The second-order valence-electron chi connectivity index (χ2n) is 12.6. The Balaban J connectivity index is 1.16. The third kappa shape index (κ3) is 2.66. The van der Waals surface area contributed by atoms with E-state index >= 15 is 0 Å². The quantitative estimate of drug-likeness (QED) is 0.662. The van der Waals surface area contributed by atoms with Gasteiger partial charge in [0.2, 0.25) is 5.91 Å². The predicted octanol–water partition coefficient (Wildman–Crippen LogP) is 5.19. The molecule has 1 N–H and O–H groups in total. The van der Waals surface area contributed by atoms with Gasteiger partial charge in [0.15, 0.2) is 5.75 Å². The van der Waals surface area contributed by atoms with E-state index in [9.17, 15) is 9.59 Å². The Bertz CT molecular complexity index is 993. The molecule has 9 rings (SSSR count). The van der Waals surface area contributed by atoms with Crippen LogP contribution in [0.2, 0.25) is 0 Å². The van der Waals surface area contributed by atoms with Crippen molar-refractivity contribution in [2.24, 2.45) is 46.3 Å². The molecule has 0 aliphatic heterocycles. The van der Waals surface area contributed by atoms with Crippen molar-refractivity contribution >= 4 is 17.6 Å². The van der Waals surface area contributed by atoms with Gasteiger partial charge >= 0.3 is 5.97 Å². The number of amides is 1. The van der Waals surface area contributed by atoms with Gasteiger partial charge in [0.25, 0.3) is 0 Å². The van der Waals surface area contributed by atoms with Crippen molar-refractivity contribution in [2.45, 2.75) is 78.1 Å². The summed E-state index contributed by atoms with van der Waals surface area (Å²) in [6, 6.07) is 1.88. The number of nitrogens with one attached hydrogen (secondary N) is 1. The lowest BCUT2D eigenvalue weighted by atomic mass is 9.69. The van der Waals surface area contributed by atoms with E-state index in [-0.39, 0.29) is 22.7 Å². The number of carbonyl (C=O) groups excluding carboxylic acids is 2. The highest BCUT2D eigenvalue weighted by atomic mass is 16.5. The first-order chi connectivity index (χ1) is 15.3. The molecular weight excluding hydrogens is 400 g/mol. The summed E-state index contributed by atoms with van der Waals surface area (Å²) >= 11 is 0. The number of pyridine rings is 1. The third-order valence-electron chi connectivity index (χ3n) is 10.5.